The van der Waals surface area contributed by atoms with Crippen molar-refractivity contribution in [2.45, 2.75) is 25.9 Å². The van der Waals surface area contributed by atoms with Crippen molar-refractivity contribution >= 4 is 17.3 Å². The highest BCUT2D eigenvalue weighted by atomic mass is 35.5. The summed E-state index contributed by atoms with van der Waals surface area (Å²) in [6, 6.07) is 14.3. The van der Waals surface area contributed by atoms with Gasteiger partial charge in [-0.1, -0.05) is 29.8 Å². The second kappa shape index (κ2) is 5.76. The number of fused-ring (bicyclic) bond motifs is 1. The molecule has 1 aliphatic rings. The van der Waals surface area contributed by atoms with Crippen molar-refractivity contribution in [3.05, 3.63) is 58.6 Å². The fraction of sp³-hybridized carbons (Fsp3) is 0.294. The summed E-state index contributed by atoms with van der Waals surface area (Å²) in [4.78, 5) is 0. The number of nitrogens with one attached hydrogen (secondary N) is 1. The summed E-state index contributed by atoms with van der Waals surface area (Å²) in [6.07, 6.45) is 2.24. The zero-order valence-electron chi connectivity index (χ0n) is 11.5. The van der Waals surface area contributed by atoms with E-state index in [-0.39, 0.29) is 6.10 Å². The van der Waals surface area contributed by atoms with Crippen LogP contribution in [0.4, 0.5) is 5.69 Å². The van der Waals surface area contributed by atoms with Crippen LogP contribution in [0.1, 0.15) is 17.5 Å². The highest BCUT2D eigenvalue weighted by molar-refractivity contribution is 6.31. The number of ether oxygens (including phenoxy) is 1. The Balaban J connectivity index is 1.69. The van der Waals surface area contributed by atoms with Crippen molar-refractivity contribution in [3.63, 3.8) is 0 Å². The normalized spacial score (nSPS) is 17.8. The molecule has 20 heavy (non-hydrogen) atoms. The van der Waals surface area contributed by atoms with Gasteiger partial charge >= 0.3 is 0 Å². The smallest absolute Gasteiger partial charge is 0.120 e. The van der Waals surface area contributed by atoms with Crippen LogP contribution in [0.25, 0.3) is 0 Å². The number of halogens is 1. The molecule has 1 N–H and O–H groups in total. The summed E-state index contributed by atoms with van der Waals surface area (Å²) in [5.41, 5.74) is 3.64. The minimum Gasteiger partial charge on any atom is -0.489 e. The van der Waals surface area contributed by atoms with E-state index in [1.807, 2.05) is 25.1 Å². The molecule has 0 bridgehead atoms. The SMILES string of the molecule is Cc1cc(OC2CCc3ccccc3NC2)ccc1Cl. The molecule has 3 heteroatoms. The molecule has 3 rings (SSSR count). The van der Waals surface area contributed by atoms with Crippen molar-refractivity contribution < 1.29 is 4.74 Å². The predicted molar refractivity (Wildman–Crippen MR) is 83.9 cm³/mol. The molecule has 0 spiro atoms. The molecule has 104 valence electrons. The van der Waals surface area contributed by atoms with Crippen LogP contribution >= 0.6 is 11.6 Å². The number of hydrogen-bond donors (Lipinski definition) is 1. The predicted octanol–water partition coefficient (Wildman–Crippen LogP) is 4.45. The first-order valence-corrected chi connectivity index (χ1v) is 7.35. The Labute approximate surface area is 124 Å². The summed E-state index contributed by atoms with van der Waals surface area (Å²) < 4.78 is 6.08. The number of para-hydroxylation sites is 1. The minimum absolute atomic E-state index is 0.183. The van der Waals surface area contributed by atoms with Gasteiger partial charge in [-0.2, -0.15) is 0 Å². The van der Waals surface area contributed by atoms with Crippen LogP contribution in [0, 0.1) is 6.92 Å². The summed E-state index contributed by atoms with van der Waals surface area (Å²) in [5.74, 6) is 0.893. The van der Waals surface area contributed by atoms with E-state index in [4.69, 9.17) is 16.3 Å². The average molecular weight is 288 g/mol. The zero-order valence-corrected chi connectivity index (χ0v) is 12.3. The number of hydrogen-bond acceptors (Lipinski definition) is 2. The van der Waals surface area contributed by atoms with Crippen LogP contribution in [-0.2, 0) is 6.42 Å². The third kappa shape index (κ3) is 2.91. The molecule has 1 heterocycles. The van der Waals surface area contributed by atoms with Gasteiger partial charge < -0.3 is 10.1 Å². The summed E-state index contributed by atoms with van der Waals surface area (Å²) in [5, 5.41) is 4.25. The maximum absolute atomic E-state index is 6.08. The first kappa shape index (κ1) is 13.3. The monoisotopic (exact) mass is 287 g/mol. The lowest BCUT2D eigenvalue weighted by Gasteiger charge is -2.18. The first-order chi connectivity index (χ1) is 9.72. The van der Waals surface area contributed by atoms with Crippen LogP contribution in [0.2, 0.25) is 5.02 Å². The van der Waals surface area contributed by atoms with Crippen molar-refractivity contribution in [2.24, 2.45) is 0 Å². The number of rotatable bonds is 2. The first-order valence-electron chi connectivity index (χ1n) is 6.97. The van der Waals surface area contributed by atoms with E-state index >= 15 is 0 Å². The third-order valence-corrected chi connectivity index (χ3v) is 4.13. The molecule has 0 saturated carbocycles. The zero-order chi connectivity index (χ0) is 13.9. The van der Waals surface area contributed by atoms with Gasteiger partial charge in [-0.3, -0.25) is 0 Å². The summed E-state index contributed by atoms with van der Waals surface area (Å²) in [7, 11) is 0. The molecular formula is C17H18ClNO. The molecule has 0 radical (unpaired) electrons. The molecule has 0 amide bonds. The fourth-order valence-electron chi connectivity index (χ4n) is 2.54. The minimum atomic E-state index is 0.183. The van der Waals surface area contributed by atoms with Gasteiger partial charge in [-0.15, -0.1) is 0 Å². The Kier molecular flexibility index (Phi) is 3.83. The lowest BCUT2D eigenvalue weighted by Crippen LogP contribution is -2.24. The molecular weight excluding hydrogens is 270 g/mol. The Morgan fingerprint density at radius 2 is 2.05 bits per heavy atom. The molecule has 2 aromatic rings. The molecule has 1 atom stereocenters. The molecule has 2 aromatic carbocycles. The highest BCUT2D eigenvalue weighted by Gasteiger charge is 2.16. The van der Waals surface area contributed by atoms with Crippen LogP contribution in [0.3, 0.4) is 0 Å². The Bertz CT molecular complexity index is 585. The Morgan fingerprint density at radius 3 is 2.90 bits per heavy atom. The Hall–Kier alpha value is -1.67. The van der Waals surface area contributed by atoms with E-state index in [0.29, 0.717) is 0 Å². The molecule has 2 nitrogen and oxygen atoms in total. The van der Waals surface area contributed by atoms with Crippen LogP contribution in [0.15, 0.2) is 42.5 Å². The van der Waals surface area contributed by atoms with E-state index in [1.54, 1.807) is 0 Å². The standard InChI is InChI=1S/C17H18ClNO/c1-12-10-14(8-9-16(12)18)20-15-7-6-13-4-2-3-5-17(13)19-11-15/h2-5,8-10,15,19H,6-7,11H2,1H3. The van der Waals surface area contributed by atoms with Crippen LogP contribution in [-0.4, -0.2) is 12.6 Å². The fourth-order valence-corrected chi connectivity index (χ4v) is 2.65. The van der Waals surface area contributed by atoms with E-state index in [9.17, 15) is 0 Å². The van der Waals surface area contributed by atoms with Gasteiger partial charge in [0.1, 0.15) is 11.9 Å². The second-order valence-corrected chi connectivity index (χ2v) is 5.63. The number of aryl methyl sites for hydroxylation is 2. The van der Waals surface area contributed by atoms with Crippen molar-refractivity contribution in [1.82, 2.24) is 0 Å². The third-order valence-electron chi connectivity index (χ3n) is 3.71. The van der Waals surface area contributed by atoms with E-state index in [2.05, 4.69) is 29.6 Å². The van der Waals surface area contributed by atoms with Gasteiger partial charge in [0.05, 0.1) is 6.54 Å². The maximum Gasteiger partial charge on any atom is 0.120 e. The van der Waals surface area contributed by atoms with Gasteiger partial charge in [-0.05, 0) is 55.2 Å². The maximum atomic E-state index is 6.08. The molecule has 0 fully saturated rings. The molecule has 0 saturated heterocycles. The topological polar surface area (TPSA) is 21.3 Å². The molecule has 1 unspecified atom stereocenters. The number of benzene rings is 2. The van der Waals surface area contributed by atoms with Crippen molar-refractivity contribution in [3.8, 4) is 5.75 Å². The van der Waals surface area contributed by atoms with Crippen LogP contribution in [0.5, 0.6) is 5.75 Å². The molecule has 0 aromatic heterocycles. The lowest BCUT2D eigenvalue weighted by molar-refractivity contribution is 0.206. The molecule has 1 aliphatic heterocycles. The lowest BCUT2D eigenvalue weighted by atomic mass is 10.1. The summed E-state index contributed by atoms with van der Waals surface area (Å²) >= 11 is 6.04. The quantitative estimate of drug-likeness (QED) is 0.881. The Morgan fingerprint density at radius 1 is 1.20 bits per heavy atom. The van der Waals surface area contributed by atoms with Gasteiger partial charge in [-0.25, -0.2) is 0 Å². The van der Waals surface area contributed by atoms with E-state index < -0.39 is 0 Å². The van der Waals surface area contributed by atoms with Gasteiger partial charge in [0.25, 0.3) is 0 Å². The van der Waals surface area contributed by atoms with Gasteiger partial charge in [0.2, 0.25) is 0 Å². The van der Waals surface area contributed by atoms with Gasteiger partial charge in [0, 0.05) is 10.7 Å². The van der Waals surface area contributed by atoms with Crippen molar-refractivity contribution in [1.29, 1.82) is 0 Å². The number of anilines is 1. The second-order valence-electron chi connectivity index (χ2n) is 5.23. The van der Waals surface area contributed by atoms with E-state index in [1.165, 1.54) is 11.3 Å². The summed E-state index contributed by atoms with van der Waals surface area (Å²) in [6.45, 7) is 2.83. The average Bonchev–Trinajstić information content (AvgIpc) is 2.66. The van der Waals surface area contributed by atoms with Gasteiger partial charge in [0.15, 0.2) is 0 Å². The van der Waals surface area contributed by atoms with E-state index in [0.717, 1.165) is 35.7 Å². The highest BCUT2D eigenvalue weighted by Crippen LogP contribution is 2.25. The molecule has 0 aliphatic carbocycles. The van der Waals surface area contributed by atoms with Crippen molar-refractivity contribution in [2.75, 3.05) is 11.9 Å². The van der Waals surface area contributed by atoms with Crippen LogP contribution < -0.4 is 10.1 Å². The largest absolute Gasteiger partial charge is 0.489 e.